The molecule has 0 amide bonds. The van der Waals surface area contributed by atoms with E-state index in [-0.39, 0.29) is 0 Å². The van der Waals surface area contributed by atoms with Crippen LogP contribution in [0.2, 0.25) is 0 Å². The topological polar surface area (TPSA) is 41.3 Å². The van der Waals surface area contributed by atoms with Crippen LogP contribution in [0.5, 0.6) is 0 Å². The van der Waals surface area contributed by atoms with Gasteiger partial charge in [0.1, 0.15) is 0 Å². The van der Waals surface area contributed by atoms with Crippen LogP contribution >= 0.6 is 0 Å². The molecule has 19 heavy (non-hydrogen) atoms. The summed E-state index contributed by atoms with van der Waals surface area (Å²) in [5.41, 5.74) is 8.53. The highest BCUT2D eigenvalue weighted by Crippen LogP contribution is 2.18. The number of hydrogen-bond acceptors (Lipinski definition) is 3. The molecule has 0 aromatic heterocycles. The molecular formula is C16H27N3. The molecule has 1 aliphatic rings. The van der Waals surface area contributed by atoms with Crippen molar-refractivity contribution in [3.8, 4) is 0 Å². The number of hydrogen-bond donors (Lipinski definition) is 2. The summed E-state index contributed by atoms with van der Waals surface area (Å²) in [5.74, 6) is 0. The third-order valence-corrected chi connectivity index (χ3v) is 3.85. The van der Waals surface area contributed by atoms with Gasteiger partial charge in [0.25, 0.3) is 0 Å². The molecule has 0 atom stereocenters. The molecule has 3 nitrogen and oxygen atoms in total. The highest BCUT2D eigenvalue weighted by atomic mass is 15.1. The first-order valence-corrected chi connectivity index (χ1v) is 7.60. The molecular weight excluding hydrogens is 234 g/mol. The Labute approximate surface area is 117 Å². The van der Waals surface area contributed by atoms with Gasteiger partial charge in [-0.3, -0.25) is 4.90 Å². The van der Waals surface area contributed by atoms with Crippen LogP contribution in [-0.4, -0.2) is 37.6 Å². The number of unbranched alkanes of at least 4 members (excludes halogenated alkanes) is 1. The van der Waals surface area contributed by atoms with Crippen LogP contribution in [0, 0.1) is 0 Å². The molecule has 1 heterocycles. The maximum atomic E-state index is 5.46. The molecule has 3 N–H and O–H groups in total. The summed E-state index contributed by atoms with van der Waals surface area (Å²) in [6.07, 6.45) is 4.86. The standard InChI is InChI=1S/C16H27N3/c17-9-5-11-18-10-3-4-12-19-13-8-15-6-1-2-7-16(15)14-19/h1-2,6-7,18H,3-5,8-14,17H2. The molecule has 106 valence electrons. The maximum absolute atomic E-state index is 5.46. The van der Waals surface area contributed by atoms with E-state index in [0.29, 0.717) is 0 Å². The van der Waals surface area contributed by atoms with E-state index < -0.39 is 0 Å². The van der Waals surface area contributed by atoms with Gasteiger partial charge in [-0.1, -0.05) is 24.3 Å². The second-order valence-electron chi connectivity index (χ2n) is 5.39. The van der Waals surface area contributed by atoms with Crippen LogP contribution < -0.4 is 11.1 Å². The lowest BCUT2D eigenvalue weighted by Gasteiger charge is -2.28. The predicted molar refractivity (Wildman–Crippen MR) is 81.2 cm³/mol. The van der Waals surface area contributed by atoms with Gasteiger partial charge in [-0.2, -0.15) is 0 Å². The van der Waals surface area contributed by atoms with Crippen LogP contribution in [0.4, 0.5) is 0 Å². The molecule has 1 aromatic carbocycles. The van der Waals surface area contributed by atoms with Crippen LogP contribution in [-0.2, 0) is 13.0 Å². The number of rotatable bonds is 8. The van der Waals surface area contributed by atoms with Gasteiger partial charge < -0.3 is 11.1 Å². The van der Waals surface area contributed by atoms with E-state index in [1.165, 1.54) is 37.9 Å². The average molecular weight is 261 g/mol. The van der Waals surface area contributed by atoms with Crippen molar-refractivity contribution in [3.05, 3.63) is 35.4 Å². The first-order valence-electron chi connectivity index (χ1n) is 7.60. The maximum Gasteiger partial charge on any atom is 0.0236 e. The number of nitrogens with two attached hydrogens (primary N) is 1. The molecule has 0 radical (unpaired) electrons. The fraction of sp³-hybridized carbons (Fsp3) is 0.625. The monoisotopic (exact) mass is 261 g/mol. The summed E-state index contributed by atoms with van der Waals surface area (Å²) in [4.78, 5) is 2.59. The molecule has 0 saturated carbocycles. The van der Waals surface area contributed by atoms with Gasteiger partial charge in [0, 0.05) is 13.1 Å². The predicted octanol–water partition coefficient (Wildman–Crippen LogP) is 1.76. The van der Waals surface area contributed by atoms with E-state index in [1.54, 1.807) is 5.56 Å². The van der Waals surface area contributed by atoms with E-state index in [2.05, 4.69) is 34.5 Å². The van der Waals surface area contributed by atoms with E-state index >= 15 is 0 Å². The third-order valence-electron chi connectivity index (χ3n) is 3.85. The molecule has 0 spiro atoms. The number of nitrogens with zero attached hydrogens (tertiary/aromatic N) is 1. The minimum absolute atomic E-state index is 0.792. The average Bonchev–Trinajstić information content (AvgIpc) is 2.46. The van der Waals surface area contributed by atoms with Crippen molar-refractivity contribution in [2.24, 2.45) is 5.73 Å². The highest BCUT2D eigenvalue weighted by molar-refractivity contribution is 5.28. The number of fused-ring (bicyclic) bond motifs is 1. The summed E-state index contributed by atoms with van der Waals surface area (Å²) >= 11 is 0. The van der Waals surface area contributed by atoms with Gasteiger partial charge in [-0.15, -0.1) is 0 Å². The van der Waals surface area contributed by atoms with Crippen molar-refractivity contribution >= 4 is 0 Å². The number of benzene rings is 1. The summed E-state index contributed by atoms with van der Waals surface area (Å²) < 4.78 is 0. The van der Waals surface area contributed by atoms with Crippen molar-refractivity contribution in [2.75, 3.05) is 32.7 Å². The Morgan fingerprint density at radius 3 is 2.68 bits per heavy atom. The largest absolute Gasteiger partial charge is 0.330 e. The molecule has 0 bridgehead atoms. The Bertz CT molecular complexity index is 365. The third kappa shape index (κ3) is 4.94. The van der Waals surface area contributed by atoms with Crippen LogP contribution in [0.3, 0.4) is 0 Å². The van der Waals surface area contributed by atoms with Gasteiger partial charge in [0.15, 0.2) is 0 Å². The van der Waals surface area contributed by atoms with Crippen molar-refractivity contribution in [1.29, 1.82) is 0 Å². The van der Waals surface area contributed by atoms with Crippen molar-refractivity contribution in [2.45, 2.75) is 32.2 Å². The normalized spacial score (nSPS) is 15.4. The Morgan fingerprint density at radius 2 is 1.84 bits per heavy atom. The summed E-state index contributed by atoms with van der Waals surface area (Å²) in [7, 11) is 0. The Kier molecular flexibility index (Phi) is 6.34. The molecule has 0 unspecified atom stereocenters. The second-order valence-corrected chi connectivity index (χ2v) is 5.39. The molecule has 1 aliphatic heterocycles. The van der Waals surface area contributed by atoms with Gasteiger partial charge in [0.2, 0.25) is 0 Å². The summed E-state index contributed by atoms with van der Waals surface area (Å²) in [6.45, 7) is 6.57. The van der Waals surface area contributed by atoms with Crippen molar-refractivity contribution in [3.63, 3.8) is 0 Å². The lowest BCUT2D eigenvalue weighted by Crippen LogP contribution is -2.31. The van der Waals surface area contributed by atoms with Gasteiger partial charge >= 0.3 is 0 Å². The van der Waals surface area contributed by atoms with Gasteiger partial charge in [0.05, 0.1) is 0 Å². The minimum atomic E-state index is 0.792. The first-order chi connectivity index (χ1) is 9.40. The summed E-state index contributed by atoms with van der Waals surface area (Å²) in [6, 6.07) is 8.86. The minimum Gasteiger partial charge on any atom is -0.330 e. The zero-order valence-electron chi connectivity index (χ0n) is 11.9. The van der Waals surface area contributed by atoms with Crippen LogP contribution in [0.25, 0.3) is 0 Å². The van der Waals surface area contributed by atoms with Crippen LogP contribution in [0.1, 0.15) is 30.4 Å². The fourth-order valence-corrected chi connectivity index (χ4v) is 2.68. The lowest BCUT2D eigenvalue weighted by atomic mass is 10.00. The lowest BCUT2D eigenvalue weighted by molar-refractivity contribution is 0.248. The van der Waals surface area contributed by atoms with Crippen molar-refractivity contribution < 1.29 is 0 Å². The van der Waals surface area contributed by atoms with Gasteiger partial charge in [-0.05, 0) is 63.0 Å². The molecule has 1 aromatic rings. The Balaban J connectivity index is 1.58. The van der Waals surface area contributed by atoms with E-state index in [4.69, 9.17) is 5.73 Å². The molecule has 0 saturated heterocycles. The molecule has 0 aliphatic carbocycles. The Hall–Kier alpha value is -0.900. The van der Waals surface area contributed by atoms with Crippen LogP contribution in [0.15, 0.2) is 24.3 Å². The van der Waals surface area contributed by atoms with Gasteiger partial charge in [-0.25, -0.2) is 0 Å². The van der Waals surface area contributed by atoms with E-state index in [1.807, 2.05) is 0 Å². The van der Waals surface area contributed by atoms with E-state index in [0.717, 1.165) is 32.6 Å². The van der Waals surface area contributed by atoms with E-state index in [9.17, 15) is 0 Å². The zero-order valence-corrected chi connectivity index (χ0v) is 11.9. The molecule has 3 heteroatoms. The summed E-state index contributed by atoms with van der Waals surface area (Å²) in [5, 5.41) is 3.44. The second kappa shape index (κ2) is 8.31. The Morgan fingerprint density at radius 1 is 1.05 bits per heavy atom. The first kappa shape index (κ1) is 14.5. The smallest absolute Gasteiger partial charge is 0.0236 e. The highest BCUT2D eigenvalue weighted by Gasteiger charge is 2.14. The quantitative estimate of drug-likeness (QED) is 0.701. The fourth-order valence-electron chi connectivity index (χ4n) is 2.68. The SMILES string of the molecule is NCCCNCCCCN1CCc2ccccc2C1. The number of nitrogens with one attached hydrogen (secondary N) is 1. The van der Waals surface area contributed by atoms with Crippen molar-refractivity contribution in [1.82, 2.24) is 10.2 Å². The molecule has 0 fully saturated rings. The molecule has 2 rings (SSSR count). The zero-order chi connectivity index (χ0) is 13.3.